The van der Waals surface area contributed by atoms with Crippen LogP contribution in [0, 0.1) is 0 Å². The maximum atomic E-state index is 12.5. The third-order valence-corrected chi connectivity index (χ3v) is 5.69. The maximum absolute atomic E-state index is 12.5. The molecule has 2 aliphatic rings. The van der Waals surface area contributed by atoms with Crippen LogP contribution in [0.1, 0.15) is 37.8 Å². The van der Waals surface area contributed by atoms with Gasteiger partial charge in [0.15, 0.2) is 0 Å². The number of nitrogens with zero attached hydrogens (tertiary/aromatic N) is 3. The molecule has 144 valence electrons. The fourth-order valence-corrected chi connectivity index (χ4v) is 4.14. The van der Waals surface area contributed by atoms with Crippen LogP contribution in [0.2, 0.25) is 0 Å². The number of nitrogens with one attached hydrogen (secondary N) is 2. The predicted molar refractivity (Wildman–Crippen MR) is 102 cm³/mol. The van der Waals surface area contributed by atoms with Crippen LogP contribution in [0.25, 0.3) is 0 Å². The molecule has 2 aromatic heterocycles. The van der Waals surface area contributed by atoms with Gasteiger partial charge >= 0.3 is 0 Å². The zero-order valence-electron chi connectivity index (χ0n) is 15.6. The average molecular weight is 369 g/mol. The van der Waals surface area contributed by atoms with E-state index < -0.39 is 0 Å². The summed E-state index contributed by atoms with van der Waals surface area (Å²) < 4.78 is 6.20. The lowest BCUT2D eigenvalue weighted by Crippen LogP contribution is -2.52. The summed E-state index contributed by atoms with van der Waals surface area (Å²) in [5.41, 5.74) is 0.991. The van der Waals surface area contributed by atoms with Crippen molar-refractivity contribution in [1.82, 2.24) is 19.9 Å². The van der Waals surface area contributed by atoms with Gasteiger partial charge in [0.05, 0.1) is 5.60 Å². The summed E-state index contributed by atoms with van der Waals surface area (Å²) in [4.78, 5) is 26.2. The predicted octanol–water partition coefficient (Wildman–Crippen LogP) is 2.39. The number of aromatic nitrogens is 3. The Hall–Kier alpha value is -2.41. The Kier molecular flexibility index (Phi) is 5.38. The highest BCUT2D eigenvalue weighted by atomic mass is 16.5. The molecule has 1 unspecified atom stereocenters. The molecule has 0 aliphatic carbocycles. The van der Waals surface area contributed by atoms with Crippen LogP contribution in [0.5, 0.6) is 0 Å². The zero-order chi connectivity index (χ0) is 18.5. The molecule has 1 spiro atoms. The fraction of sp³-hybridized carbons (Fsp3) is 0.550. The molecule has 0 aromatic carbocycles. The lowest BCUT2D eigenvalue weighted by molar-refractivity contribution is -0.143. The topological polar surface area (TPSA) is 83.1 Å². The van der Waals surface area contributed by atoms with Crippen LogP contribution in [0.4, 0.5) is 5.95 Å². The summed E-state index contributed by atoms with van der Waals surface area (Å²) in [7, 11) is 0. The second-order valence-corrected chi connectivity index (χ2v) is 7.51. The standard InChI is InChI=1S/C20H27N5O2/c26-18(5-4-16-3-1-9-21-16)25-12-7-20(8-13-25)15-17(6-14-27-20)24-19-22-10-2-11-23-19/h1-3,9-11,17,21H,4-8,12-15H2,(H,22,23,24). The van der Waals surface area contributed by atoms with Crippen molar-refractivity contribution in [1.29, 1.82) is 0 Å². The van der Waals surface area contributed by atoms with Gasteiger partial charge in [0.25, 0.3) is 0 Å². The molecule has 2 aromatic rings. The Morgan fingerprint density at radius 1 is 1.30 bits per heavy atom. The van der Waals surface area contributed by atoms with Crippen molar-refractivity contribution in [3.63, 3.8) is 0 Å². The van der Waals surface area contributed by atoms with Crippen molar-refractivity contribution in [3.05, 3.63) is 42.5 Å². The van der Waals surface area contributed by atoms with E-state index >= 15 is 0 Å². The summed E-state index contributed by atoms with van der Waals surface area (Å²) in [6.07, 6.45) is 10.4. The molecule has 7 heteroatoms. The molecule has 2 saturated heterocycles. The largest absolute Gasteiger partial charge is 0.375 e. The molecular weight excluding hydrogens is 342 g/mol. The van der Waals surface area contributed by atoms with Crippen molar-refractivity contribution < 1.29 is 9.53 Å². The number of likely N-dealkylation sites (tertiary alicyclic amines) is 1. The highest BCUT2D eigenvalue weighted by Crippen LogP contribution is 2.36. The van der Waals surface area contributed by atoms with E-state index in [0.29, 0.717) is 18.4 Å². The Morgan fingerprint density at radius 3 is 2.85 bits per heavy atom. The van der Waals surface area contributed by atoms with Crippen molar-refractivity contribution in [2.24, 2.45) is 0 Å². The van der Waals surface area contributed by atoms with E-state index in [-0.39, 0.29) is 11.5 Å². The van der Waals surface area contributed by atoms with E-state index in [1.165, 1.54) is 0 Å². The van der Waals surface area contributed by atoms with Gasteiger partial charge in [-0.25, -0.2) is 9.97 Å². The minimum absolute atomic E-state index is 0.124. The number of amides is 1. The number of carbonyl (C=O) groups is 1. The molecule has 4 heterocycles. The third-order valence-electron chi connectivity index (χ3n) is 5.69. The number of hydrogen-bond acceptors (Lipinski definition) is 5. The smallest absolute Gasteiger partial charge is 0.222 e. The quantitative estimate of drug-likeness (QED) is 0.846. The van der Waals surface area contributed by atoms with Gasteiger partial charge in [0, 0.05) is 56.4 Å². The van der Waals surface area contributed by atoms with Crippen LogP contribution < -0.4 is 5.32 Å². The van der Waals surface area contributed by atoms with Crippen LogP contribution >= 0.6 is 0 Å². The lowest BCUT2D eigenvalue weighted by Gasteiger charge is -2.46. The van der Waals surface area contributed by atoms with Gasteiger partial charge in [0.1, 0.15) is 0 Å². The van der Waals surface area contributed by atoms with Gasteiger partial charge < -0.3 is 19.9 Å². The summed E-state index contributed by atoms with van der Waals surface area (Å²) >= 11 is 0. The SMILES string of the molecule is O=C(CCc1ccc[nH]1)N1CCC2(CC1)CC(Nc1ncccn1)CCO2. The molecule has 0 bridgehead atoms. The molecule has 7 nitrogen and oxygen atoms in total. The number of aromatic amines is 1. The molecule has 2 fully saturated rings. The van der Waals surface area contributed by atoms with Crippen LogP contribution in [0.3, 0.4) is 0 Å². The van der Waals surface area contributed by atoms with Crippen molar-refractivity contribution in [3.8, 4) is 0 Å². The lowest BCUT2D eigenvalue weighted by atomic mass is 9.82. The first-order valence-electron chi connectivity index (χ1n) is 9.80. The summed E-state index contributed by atoms with van der Waals surface area (Å²) in [5.74, 6) is 0.916. The van der Waals surface area contributed by atoms with Crippen molar-refractivity contribution >= 4 is 11.9 Å². The number of hydrogen-bond donors (Lipinski definition) is 2. The Morgan fingerprint density at radius 2 is 2.11 bits per heavy atom. The molecular formula is C20H27N5O2. The number of anilines is 1. The fourth-order valence-electron chi connectivity index (χ4n) is 4.14. The number of H-pyrrole nitrogens is 1. The first-order valence-corrected chi connectivity index (χ1v) is 9.80. The van der Waals surface area contributed by atoms with E-state index in [1.807, 2.05) is 29.3 Å². The van der Waals surface area contributed by atoms with Gasteiger partial charge in [-0.1, -0.05) is 0 Å². The van der Waals surface area contributed by atoms with E-state index in [9.17, 15) is 4.79 Å². The van der Waals surface area contributed by atoms with Gasteiger partial charge in [-0.15, -0.1) is 0 Å². The summed E-state index contributed by atoms with van der Waals surface area (Å²) in [6.45, 7) is 2.29. The third kappa shape index (κ3) is 4.47. The Bertz CT molecular complexity index is 726. The normalized spacial score (nSPS) is 21.9. The number of ether oxygens (including phenoxy) is 1. The second-order valence-electron chi connectivity index (χ2n) is 7.51. The molecule has 0 radical (unpaired) electrons. The van der Waals surface area contributed by atoms with Gasteiger partial charge in [-0.3, -0.25) is 4.79 Å². The summed E-state index contributed by atoms with van der Waals surface area (Å²) in [5, 5.41) is 3.44. The second kappa shape index (κ2) is 8.08. The number of aryl methyl sites for hydroxylation is 1. The molecule has 4 rings (SSSR count). The number of rotatable bonds is 5. The Balaban J connectivity index is 1.27. The highest BCUT2D eigenvalue weighted by molar-refractivity contribution is 5.76. The first-order chi connectivity index (χ1) is 13.2. The van der Waals surface area contributed by atoms with E-state index in [4.69, 9.17) is 4.74 Å². The summed E-state index contributed by atoms with van der Waals surface area (Å²) in [6, 6.07) is 6.13. The van der Waals surface area contributed by atoms with E-state index in [0.717, 1.165) is 57.5 Å². The van der Waals surface area contributed by atoms with Gasteiger partial charge in [-0.2, -0.15) is 0 Å². The van der Waals surface area contributed by atoms with Crippen molar-refractivity contribution in [2.45, 2.75) is 50.2 Å². The maximum Gasteiger partial charge on any atom is 0.222 e. The van der Waals surface area contributed by atoms with Gasteiger partial charge in [0.2, 0.25) is 11.9 Å². The molecule has 2 N–H and O–H groups in total. The number of piperidine rings is 1. The van der Waals surface area contributed by atoms with Crippen molar-refractivity contribution in [2.75, 3.05) is 25.0 Å². The molecule has 2 aliphatic heterocycles. The van der Waals surface area contributed by atoms with Crippen LogP contribution in [-0.4, -0.2) is 57.1 Å². The minimum atomic E-state index is -0.124. The minimum Gasteiger partial charge on any atom is -0.375 e. The first kappa shape index (κ1) is 18.0. The van der Waals surface area contributed by atoms with E-state index in [1.54, 1.807) is 12.4 Å². The van der Waals surface area contributed by atoms with Crippen LogP contribution in [0.15, 0.2) is 36.8 Å². The monoisotopic (exact) mass is 369 g/mol. The number of carbonyl (C=O) groups excluding carboxylic acids is 1. The molecule has 0 saturated carbocycles. The average Bonchev–Trinajstić information content (AvgIpc) is 3.21. The highest BCUT2D eigenvalue weighted by Gasteiger charge is 2.41. The zero-order valence-corrected chi connectivity index (χ0v) is 15.6. The Labute approximate surface area is 159 Å². The van der Waals surface area contributed by atoms with E-state index in [2.05, 4.69) is 20.3 Å². The molecule has 27 heavy (non-hydrogen) atoms. The van der Waals surface area contributed by atoms with Gasteiger partial charge in [-0.05, 0) is 50.3 Å². The molecule has 1 amide bonds. The molecule has 1 atom stereocenters. The van der Waals surface area contributed by atoms with Crippen LogP contribution in [-0.2, 0) is 16.0 Å².